The molecular weight excluding hydrogens is 317 g/mol. The number of alkyl halides is 3. The fourth-order valence-corrected chi connectivity index (χ4v) is 2.51. The lowest BCUT2D eigenvalue weighted by molar-refractivity contribution is -0.139. The molecular formula is C18H27F3N2O. The molecule has 2 unspecified atom stereocenters. The van der Waals surface area contributed by atoms with Crippen molar-refractivity contribution in [2.75, 3.05) is 13.6 Å². The van der Waals surface area contributed by atoms with Gasteiger partial charge in [-0.15, -0.1) is 0 Å². The smallest absolute Gasteiger partial charge is 0.346 e. The molecule has 0 heterocycles. The van der Waals surface area contributed by atoms with Crippen LogP contribution in [0, 0.1) is 5.92 Å². The van der Waals surface area contributed by atoms with E-state index >= 15 is 0 Å². The summed E-state index contributed by atoms with van der Waals surface area (Å²) in [6.07, 6.45) is -3.70. The first kappa shape index (κ1) is 20.5. The third-order valence-corrected chi connectivity index (χ3v) is 4.36. The van der Waals surface area contributed by atoms with Crippen molar-refractivity contribution in [3.8, 4) is 0 Å². The summed E-state index contributed by atoms with van der Waals surface area (Å²) in [7, 11) is 1.66. The van der Waals surface area contributed by atoms with Gasteiger partial charge in [0, 0.05) is 26.1 Å². The summed E-state index contributed by atoms with van der Waals surface area (Å²) >= 11 is 0. The summed E-state index contributed by atoms with van der Waals surface area (Å²) in [5.74, 6) is -0.349. The van der Waals surface area contributed by atoms with Crippen LogP contribution in [-0.4, -0.2) is 30.4 Å². The molecule has 0 aromatic heterocycles. The molecule has 1 aromatic rings. The first-order chi connectivity index (χ1) is 11.0. The lowest BCUT2D eigenvalue weighted by Crippen LogP contribution is -2.35. The second-order valence-electron chi connectivity index (χ2n) is 6.70. The minimum Gasteiger partial charge on any atom is -0.346 e. The van der Waals surface area contributed by atoms with Crippen LogP contribution in [0.5, 0.6) is 0 Å². The van der Waals surface area contributed by atoms with Crippen molar-refractivity contribution >= 4 is 5.91 Å². The van der Waals surface area contributed by atoms with Gasteiger partial charge in [0.2, 0.25) is 5.91 Å². The Labute approximate surface area is 142 Å². The first-order valence-corrected chi connectivity index (χ1v) is 8.19. The van der Waals surface area contributed by atoms with Crippen LogP contribution >= 0.6 is 0 Å². The minimum atomic E-state index is -4.41. The van der Waals surface area contributed by atoms with Gasteiger partial charge in [-0.2, -0.15) is 13.2 Å². The van der Waals surface area contributed by atoms with Gasteiger partial charge >= 0.3 is 6.18 Å². The quantitative estimate of drug-likeness (QED) is 0.812. The van der Waals surface area contributed by atoms with Crippen molar-refractivity contribution in [1.82, 2.24) is 4.90 Å². The highest BCUT2D eigenvalue weighted by Crippen LogP contribution is 2.36. The Kier molecular flexibility index (Phi) is 7.27. The minimum absolute atomic E-state index is 0.00336. The first-order valence-electron chi connectivity index (χ1n) is 8.19. The number of nitrogens with zero attached hydrogens (tertiary/aromatic N) is 1. The molecule has 136 valence electrons. The van der Waals surface area contributed by atoms with E-state index in [4.69, 9.17) is 5.73 Å². The molecule has 0 saturated carbocycles. The molecule has 0 fully saturated rings. The van der Waals surface area contributed by atoms with Gasteiger partial charge in [0.25, 0.3) is 0 Å². The normalized spacial score (nSPS) is 14.5. The number of hydrogen-bond donors (Lipinski definition) is 1. The summed E-state index contributed by atoms with van der Waals surface area (Å²) in [6.45, 7) is 6.19. The number of carbonyl (C=O) groups excluding carboxylic acids is 1. The predicted octanol–water partition coefficient (Wildman–Crippen LogP) is 4.03. The van der Waals surface area contributed by atoms with Gasteiger partial charge in [0.1, 0.15) is 0 Å². The number of halogens is 3. The lowest BCUT2D eigenvalue weighted by Gasteiger charge is -2.24. The number of nitrogens with two attached hydrogens (primary N) is 1. The molecule has 2 N–H and O–H groups in total. The number of rotatable bonds is 7. The van der Waals surface area contributed by atoms with Crippen molar-refractivity contribution in [2.24, 2.45) is 11.7 Å². The molecule has 0 radical (unpaired) electrons. The molecule has 3 nitrogen and oxygen atoms in total. The van der Waals surface area contributed by atoms with E-state index < -0.39 is 17.7 Å². The maximum Gasteiger partial charge on any atom is 0.416 e. The molecule has 1 aromatic carbocycles. The van der Waals surface area contributed by atoms with Crippen LogP contribution in [0.2, 0.25) is 0 Å². The van der Waals surface area contributed by atoms with Crippen molar-refractivity contribution < 1.29 is 18.0 Å². The Balaban J connectivity index is 2.71. The molecule has 0 aliphatic heterocycles. The van der Waals surface area contributed by atoms with Crippen LogP contribution in [0.3, 0.4) is 0 Å². The molecule has 0 saturated heterocycles. The fraction of sp³-hybridized carbons (Fsp3) is 0.611. The molecule has 0 aliphatic rings. The zero-order valence-electron chi connectivity index (χ0n) is 14.7. The maximum atomic E-state index is 13.1. The maximum absolute atomic E-state index is 13.1. The Hall–Kier alpha value is -1.56. The van der Waals surface area contributed by atoms with Crippen molar-refractivity contribution in [1.29, 1.82) is 0 Å². The molecule has 2 atom stereocenters. The number of carbonyl (C=O) groups is 1. The van der Waals surface area contributed by atoms with Gasteiger partial charge in [-0.3, -0.25) is 4.79 Å². The zero-order chi connectivity index (χ0) is 18.5. The molecule has 6 heteroatoms. The Morgan fingerprint density at radius 2 is 1.79 bits per heavy atom. The van der Waals surface area contributed by atoms with Crippen molar-refractivity contribution in [3.63, 3.8) is 0 Å². The van der Waals surface area contributed by atoms with Gasteiger partial charge in [0.05, 0.1) is 5.56 Å². The SMILES string of the molecule is CC(CC(=O)N(C)CCC(N)C(C)C)c1ccccc1C(F)(F)F. The highest BCUT2D eigenvalue weighted by molar-refractivity contribution is 5.76. The van der Waals surface area contributed by atoms with E-state index in [-0.39, 0.29) is 23.9 Å². The predicted molar refractivity (Wildman–Crippen MR) is 89.5 cm³/mol. The number of benzene rings is 1. The van der Waals surface area contributed by atoms with Crippen LogP contribution in [0.15, 0.2) is 24.3 Å². The van der Waals surface area contributed by atoms with Gasteiger partial charge in [0.15, 0.2) is 0 Å². The molecule has 24 heavy (non-hydrogen) atoms. The van der Waals surface area contributed by atoms with E-state index in [1.165, 1.54) is 12.1 Å². The fourth-order valence-electron chi connectivity index (χ4n) is 2.51. The Morgan fingerprint density at radius 3 is 2.33 bits per heavy atom. The van der Waals surface area contributed by atoms with E-state index in [1.54, 1.807) is 24.9 Å². The van der Waals surface area contributed by atoms with Crippen molar-refractivity contribution in [2.45, 2.75) is 51.7 Å². The average Bonchev–Trinajstić information content (AvgIpc) is 2.50. The largest absolute Gasteiger partial charge is 0.416 e. The van der Waals surface area contributed by atoms with Crippen LogP contribution < -0.4 is 5.73 Å². The second kappa shape index (κ2) is 8.51. The van der Waals surface area contributed by atoms with E-state index in [9.17, 15) is 18.0 Å². The Morgan fingerprint density at radius 1 is 1.21 bits per heavy atom. The lowest BCUT2D eigenvalue weighted by atomic mass is 9.92. The van der Waals surface area contributed by atoms with Gasteiger partial charge in [-0.1, -0.05) is 39.0 Å². The van der Waals surface area contributed by atoms with Crippen LogP contribution in [0.1, 0.15) is 50.7 Å². The average molecular weight is 344 g/mol. The van der Waals surface area contributed by atoms with Gasteiger partial charge in [-0.25, -0.2) is 0 Å². The summed E-state index contributed by atoms with van der Waals surface area (Å²) in [5, 5.41) is 0. The monoisotopic (exact) mass is 344 g/mol. The molecule has 0 spiro atoms. The third-order valence-electron chi connectivity index (χ3n) is 4.36. The van der Waals surface area contributed by atoms with E-state index in [0.717, 1.165) is 6.07 Å². The van der Waals surface area contributed by atoms with Crippen LogP contribution in [-0.2, 0) is 11.0 Å². The highest BCUT2D eigenvalue weighted by atomic mass is 19.4. The van der Waals surface area contributed by atoms with E-state index in [0.29, 0.717) is 18.9 Å². The standard InChI is InChI=1S/C18H27F3N2O/c1-12(2)16(22)9-10-23(4)17(24)11-13(3)14-7-5-6-8-15(14)18(19,20)21/h5-8,12-13,16H,9-11,22H2,1-4H3. The molecule has 1 amide bonds. The summed E-state index contributed by atoms with van der Waals surface area (Å²) in [4.78, 5) is 13.8. The molecule has 1 rings (SSSR count). The van der Waals surface area contributed by atoms with E-state index in [1.807, 2.05) is 13.8 Å². The molecule has 0 aliphatic carbocycles. The third kappa shape index (κ3) is 5.82. The summed E-state index contributed by atoms with van der Waals surface area (Å²) in [6, 6.07) is 5.43. The summed E-state index contributed by atoms with van der Waals surface area (Å²) in [5.41, 5.74) is 5.45. The number of hydrogen-bond acceptors (Lipinski definition) is 2. The second-order valence-corrected chi connectivity index (χ2v) is 6.70. The van der Waals surface area contributed by atoms with Gasteiger partial charge in [-0.05, 0) is 29.9 Å². The van der Waals surface area contributed by atoms with Crippen LogP contribution in [0.25, 0.3) is 0 Å². The van der Waals surface area contributed by atoms with Crippen molar-refractivity contribution in [3.05, 3.63) is 35.4 Å². The number of amides is 1. The zero-order valence-corrected chi connectivity index (χ0v) is 14.7. The Bertz CT molecular complexity index is 543. The van der Waals surface area contributed by atoms with Gasteiger partial charge < -0.3 is 10.6 Å². The van der Waals surface area contributed by atoms with Crippen LogP contribution in [0.4, 0.5) is 13.2 Å². The van der Waals surface area contributed by atoms with E-state index in [2.05, 4.69) is 0 Å². The summed E-state index contributed by atoms with van der Waals surface area (Å²) < 4.78 is 39.2. The highest BCUT2D eigenvalue weighted by Gasteiger charge is 2.34. The topological polar surface area (TPSA) is 46.3 Å². The molecule has 0 bridgehead atoms.